The summed E-state index contributed by atoms with van der Waals surface area (Å²) in [5.74, 6) is 1.33. The van der Waals surface area contributed by atoms with Crippen molar-refractivity contribution in [3.8, 4) is 0 Å². The second kappa shape index (κ2) is 8.78. The summed E-state index contributed by atoms with van der Waals surface area (Å²) in [7, 11) is 0. The molecule has 156 valence electrons. The van der Waals surface area contributed by atoms with E-state index in [2.05, 4.69) is 29.8 Å². The van der Waals surface area contributed by atoms with Crippen molar-refractivity contribution >= 4 is 39.6 Å². The van der Waals surface area contributed by atoms with Crippen molar-refractivity contribution in [2.75, 3.05) is 24.6 Å². The number of amidine groups is 2. The molecule has 3 aromatic heterocycles. The first-order valence-corrected chi connectivity index (χ1v) is 10.4. The summed E-state index contributed by atoms with van der Waals surface area (Å²) in [6.45, 7) is 1.94. The van der Waals surface area contributed by atoms with E-state index in [4.69, 9.17) is 16.9 Å². The Bertz CT molecular complexity index is 1070. The molecule has 0 aromatic carbocycles. The van der Waals surface area contributed by atoms with Crippen LogP contribution in [0.15, 0.2) is 42.0 Å². The molecule has 2 atom stereocenters. The lowest BCUT2D eigenvalue weighted by molar-refractivity contribution is 0.149. The molecule has 1 saturated heterocycles. The molecule has 1 aliphatic heterocycles. The maximum atomic E-state index is 10.5. The van der Waals surface area contributed by atoms with Crippen molar-refractivity contribution in [2.24, 2.45) is 16.6 Å². The molecule has 0 bridgehead atoms. The van der Waals surface area contributed by atoms with Gasteiger partial charge in [-0.05, 0) is 12.1 Å². The van der Waals surface area contributed by atoms with E-state index < -0.39 is 6.10 Å². The number of aromatic amines is 1. The highest BCUT2D eigenvalue weighted by molar-refractivity contribution is 8.13. The number of aliphatic imine (C=N–C) groups is 1. The van der Waals surface area contributed by atoms with Gasteiger partial charge in [-0.1, -0.05) is 11.8 Å². The fourth-order valence-electron chi connectivity index (χ4n) is 3.52. The lowest BCUT2D eigenvalue weighted by Gasteiger charge is -2.14. The first-order chi connectivity index (χ1) is 14.5. The Morgan fingerprint density at radius 3 is 2.93 bits per heavy atom. The Morgan fingerprint density at radius 2 is 2.13 bits per heavy atom. The van der Waals surface area contributed by atoms with E-state index in [1.807, 2.05) is 6.20 Å². The number of pyridine rings is 1. The van der Waals surface area contributed by atoms with E-state index in [1.54, 1.807) is 24.5 Å². The van der Waals surface area contributed by atoms with Gasteiger partial charge in [0.1, 0.15) is 17.7 Å². The number of β-amino-alcohol motifs (C(OH)–C–C–N with tert-alkyl or cyclic N) is 1. The van der Waals surface area contributed by atoms with Gasteiger partial charge in [-0.3, -0.25) is 15.3 Å². The second-order valence-electron chi connectivity index (χ2n) is 7.17. The van der Waals surface area contributed by atoms with Gasteiger partial charge in [-0.15, -0.1) is 0 Å². The second-order valence-corrected chi connectivity index (χ2v) is 8.18. The van der Waals surface area contributed by atoms with Crippen LogP contribution in [0, 0.1) is 11.3 Å². The van der Waals surface area contributed by atoms with Gasteiger partial charge in [-0.2, -0.15) is 0 Å². The number of H-pyrrole nitrogens is 1. The predicted octanol–water partition coefficient (Wildman–Crippen LogP) is 0.801. The summed E-state index contributed by atoms with van der Waals surface area (Å²) in [4.78, 5) is 21.7. The summed E-state index contributed by atoms with van der Waals surface area (Å²) >= 11 is 1.29. The lowest BCUT2D eigenvalue weighted by Crippen LogP contribution is -2.21. The highest BCUT2D eigenvalue weighted by Crippen LogP contribution is 2.26. The molecule has 0 unspecified atom stereocenters. The van der Waals surface area contributed by atoms with Crippen LogP contribution in [0.25, 0.3) is 11.0 Å². The number of thioether (sulfide) groups is 1. The third kappa shape index (κ3) is 4.42. The van der Waals surface area contributed by atoms with Crippen LogP contribution >= 0.6 is 11.8 Å². The number of rotatable bonds is 5. The summed E-state index contributed by atoms with van der Waals surface area (Å²) in [6.07, 6.45) is 6.14. The van der Waals surface area contributed by atoms with E-state index in [1.165, 1.54) is 18.1 Å². The number of aromatic nitrogens is 4. The topological polar surface area (TPSA) is 166 Å². The molecular weight excluding hydrogens is 402 g/mol. The van der Waals surface area contributed by atoms with Crippen molar-refractivity contribution in [3.63, 3.8) is 0 Å². The summed E-state index contributed by atoms with van der Waals surface area (Å²) in [5.41, 5.74) is 15.1. The monoisotopic (exact) mass is 425 g/mol. The fraction of sp³-hybridized carbons (Fsp3) is 0.316. The van der Waals surface area contributed by atoms with Gasteiger partial charge in [0.15, 0.2) is 11.0 Å². The van der Waals surface area contributed by atoms with E-state index in [9.17, 15) is 5.11 Å². The molecule has 1 aliphatic rings. The summed E-state index contributed by atoms with van der Waals surface area (Å²) < 4.78 is 0. The number of fused-ring (bicyclic) bond motifs is 1. The van der Waals surface area contributed by atoms with Crippen molar-refractivity contribution in [1.29, 1.82) is 5.41 Å². The fourth-order valence-corrected chi connectivity index (χ4v) is 4.39. The van der Waals surface area contributed by atoms with Gasteiger partial charge in [0, 0.05) is 61.0 Å². The van der Waals surface area contributed by atoms with Crippen molar-refractivity contribution < 1.29 is 5.11 Å². The van der Waals surface area contributed by atoms with Gasteiger partial charge < -0.3 is 21.6 Å². The number of nitrogens with two attached hydrogens (primary N) is 2. The van der Waals surface area contributed by atoms with Crippen LogP contribution in [0.4, 0.5) is 5.82 Å². The molecule has 11 heteroatoms. The SMILES string of the molecule is N=C(/N=C(\N)c1ccncc1)SC[C@H]1CN(Cc2c[nH]c3c(N)ncnc23)C[C@@H]1O. The zero-order valence-corrected chi connectivity index (χ0v) is 17.0. The van der Waals surface area contributed by atoms with Crippen molar-refractivity contribution in [1.82, 2.24) is 24.8 Å². The lowest BCUT2D eigenvalue weighted by atomic mass is 10.1. The van der Waals surface area contributed by atoms with Crippen LogP contribution < -0.4 is 11.5 Å². The first-order valence-electron chi connectivity index (χ1n) is 9.44. The number of hydrogen-bond acceptors (Lipinski definition) is 8. The molecule has 1 fully saturated rings. The Kier molecular flexibility index (Phi) is 5.93. The quantitative estimate of drug-likeness (QED) is 0.296. The molecule has 3 aromatic rings. The number of nitrogens with zero attached hydrogens (tertiary/aromatic N) is 5. The van der Waals surface area contributed by atoms with Gasteiger partial charge in [0.05, 0.1) is 11.6 Å². The largest absolute Gasteiger partial charge is 0.391 e. The number of nitrogens with one attached hydrogen (secondary N) is 2. The van der Waals surface area contributed by atoms with Crippen LogP contribution in [0.2, 0.25) is 0 Å². The minimum Gasteiger partial charge on any atom is -0.391 e. The number of aliphatic hydroxyl groups excluding tert-OH is 1. The molecule has 4 heterocycles. The third-order valence-corrected chi connectivity index (χ3v) is 6.04. The van der Waals surface area contributed by atoms with Crippen LogP contribution in [0.1, 0.15) is 11.1 Å². The number of nitrogen functional groups attached to an aromatic ring is 1. The summed E-state index contributed by atoms with van der Waals surface area (Å²) in [5, 5.41) is 18.7. The molecule has 30 heavy (non-hydrogen) atoms. The standard InChI is InChI=1S/C19H23N9OS/c20-17(11-1-3-23-4-2-11)27-19(22)30-9-13-7-28(8-14(13)29)6-12-5-24-16-15(12)25-10-26-18(16)21/h1-5,10,13-14,24,29H,6-9H2,(H3,20,22,27)(H2,21,25,26)/t13-,14+/m1/s1. The average molecular weight is 426 g/mol. The van der Waals surface area contributed by atoms with Gasteiger partial charge in [0.2, 0.25) is 0 Å². The van der Waals surface area contributed by atoms with E-state index in [0.717, 1.165) is 28.7 Å². The minimum atomic E-state index is -0.461. The number of hydrogen-bond donors (Lipinski definition) is 5. The Labute approximate surface area is 177 Å². The number of likely N-dealkylation sites (tertiary alicyclic amines) is 1. The molecule has 0 radical (unpaired) electrons. The molecule has 0 saturated carbocycles. The Morgan fingerprint density at radius 1 is 1.33 bits per heavy atom. The highest BCUT2D eigenvalue weighted by Gasteiger charge is 2.32. The van der Waals surface area contributed by atoms with Crippen LogP contribution in [-0.2, 0) is 6.54 Å². The normalized spacial score (nSPS) is 20.1. The van der Waals surface area contributed by atoms with Crippen LogP contribution in [-0.4, -0.2) is 65.9 Å². The minimum absolute atomic E-state index is 0.0394. The molecule has 0 amide bonds. The van der Waals surface area contributed by atoms with Crippen molar-refractivity contribution in [3.05, 3.63) is 48.2 Å². The first kappa shape index (κ1) is 20.3. The predicted molar refractivity (Wildman–Crippen MR) is 118 cm³/mol. The molecular formula is C19H23N9OS. The van der Waals surface area contributed by atoms with E-state index in [-0.39, 0.29) is 16.9 Å². The maximum Gasteiger partial charge on any atom is 0.182 e. The van der Waals surface area contributed by atoms with Gasteiger partial charge in [-0.25, -0.2) is 15.0 Å². The molecule has 10 nitrogen and oxygen atoms in total. The van der Waals surface area contributed by atoms with Crippen LogP contribution in [0.5, 0.6) is 0 Å². The van der Waals surface area contributed by atoms with Gasteiger partial charge >= 0.3 is 0 Å². The Hall–Kier alpha value is -3.02. The number of aliphatic hydroxyl groups is 1. The van der Waals surface area contributed by atoms with Crippen molar-refractivity contribution in [2.45, 2.75) is 12.6 Å². The average Bonchev–Trinajstić information content (AvgIpc) is 3.31. The Balaban J connectivity index is 1.33. The highest BCUT2D eigenvalue weighted by atomic mass is 32.2. The third-order valence-electron chi connectivity index (χ3n) is 5.08. The summed E-state index contributed by atoms with van der Waals surface area (Å²) in [6, 6.07) is 3.50. The maximum absolute atomic E-state index is 10.5. The molecule has 0 aliphatic carbocycles. The molecule has 4 rings (SSSR count). The molecule has 7 N–H and O–H groups in total. The van der Waals surface area contributed by atoms with Crippen LogP contribution in [0.3, 0.4) is 0 Å². The van der Waals surface area contributed by atoms with E-state index in [0.29, 0.717) is 24.7 Å². The molecule has 0 spiro atoms. The smallest absolute Gasteiger partial charge is 0.182 e. The van der Waals surface area contributed by atoms with E-state index >= 15 is 0 Å². The zero-order chi connectivity index (χ0) is 21.1. The van der Waals surface area contributed by atoms with Gasteiger partial charge in [0.25, 0.3) is 0 Å². The number of anilines is 1. The zero-order valence-electron chi connectivity index (χ0n) is 16.2.